The molecule has 3 aliphatic rings. The fourth-order valence-electron chi connectivity index (χ4n) is 5.99. The highest BCUT2D eigenvalue weighted by Crippen LogP contribution is 2.49. The molecule has 34 heavy (non-hydrogen) atoms. The molecule has 2 N–H and O–H groups in total. The minimum absolute atomic E-state index is 0.264. The maximum Gasteiger partial charge on any atom is 0.146 e. The molecule has 0 amide bonds. The average Bonchev–Trinajstić information content (AvgIpc) is 3.06. The van der Waals surface area contributed by atoms with E-state index in [2.05, 4.69) is 53.3 Å². The van der Waals surface area contributed by atoms with E-state index in [0.717, 1.165) is 67.8 Å². The molecule has 0 spiro atoms. The van der Waals surface area contributed by atoms with Crippen LogP contribution in [0.2, 0.25) is 0 Å². The lowest BCUT2D eigenvalue weighted by molar-refractivity contribution is -0.0299. The van der Waals surface area contributed by atoms with E-state index < -0.39 is 5.60 Å². The van der Waals surface area contributed by atoms with Crippen LogP contribution in [-0.4, -0.2) is 52.8 Å². The third-order valence-electron chi connectivity index (χ3n) is 7.91. The van der Waals surface area contributed by atoms with Crippen LogP contribution in [0.4, 0.5) is 0 Å². The van der Waals surface area contributed by atoms with Gasteiger partial charge in [0.15, 0.2) is 0 Å². The van der Waals surface area contributed by atoms with Gasteiger partial charge in [-0.2, -0.15) is 0 Å². The Kier molecular flexibility index (Phi) is 6.75. The number of allylic oxidation sites excluding steroid dienone is 1. The Balaban J connectivity index is 1.16. The second kappa shape index (κ2) is 9.93. The number of hydrogen-bond donors (Lipinski definition) is 2. The van der Waals surface area contributed by atoms with Gasteiger partial charge in [-0.15, -0.1) is 0 Å². The zero-order valence-corrected chi connectivity index (χ0v) is 20.5. The smallest absolute Gasteiger partial charge is 0.146 e. The second-order valence-corrected chi connectivity index (χ2v) is 10.2. The van der Waals surface area contributed by atoms with Crippen LogP contribution in [0.3, 0.4) is 0 Å². The summed E-state index contributed by atoms with van der Waals surface area (Å²) in [5.74, 6) is 2.56. The van der Waals surface area contributed by atoms with E-state index in [0.29, 0.717) is 5.92 Å². The Hall–Kier alpha value is -2.63. The molecule has 3 aliphatic carbocycles. The van der Waals surface area contributed by atoms with Crippen molar-refractivity contribution in [3.63, 3.8) is 0 Å². The van der Waals surface area contributed by atoms with Crippen molar-refractivity contribution in [2.24, 2.45) is 11.8 Å². The summed E-state index contributed by atoms with van der Waals surface area (Å²) in [7, 11) is 3.86. The molecule has 2 bridgehead atoms. The predicted molar refractivity (Wildman–Crippen MR) is 138 cm³/mol. The summed E-state index contributed by atoms with van der Waals surface area (Å²) in [6, 6.07) is 16.7. The molecule has 1 saturated carbocycles. The Labute approximate surface area is 202 Å². The normalized spacial score (nSPS) is 24.4. The molecule has 5 nitrogen and oxygen atoms in total. The van der Waals surface area contributed by atoms with E-state index in [1.165, 1.54) is 24.0 Å². The molecule has 6 rings (SSSR count). The van der Waals surface area contributed by atoms with Crippen molar-refractivity contribution in [3.8, 4) is 5.75 Å². The van der Waals surface area contributed by atoms with Gasteiger partial charge in [0, 0.05) is 18.9 Å². The number of hydrogen-bond acceptors (Lipinski definition) is 4. The van der Waals surface area contributed by atoms with Crippen molar-refractivity contribution < 1.29 is 9.84 Å². The molecular formula is C29H37N3O2. The SMILES string of the molecule is COc1cccc2[nH]c(CCCN(C)CC[C@@]3(O)C[C@@H]4CCC[C@@H]3C=C4c3ccccc3)nc12. The lowest BCUT2D eigenvalue weighted by Gasteiger charge is -2.41. The number of nitrogens with zero attached hydrogens (tertiary/aromatic N) is 2. The van der Waals surface area contributed by atoms with Gasteiger partial charge in [-0.3, -0.25) is 0 Å². The highest BCUT2D eigenvalue weighted by molar-refractivity contribution is 5.81. The minimum Gasteiger partial charge on any atom is -0.494 e. The summed E-state index contributed by atoms with van der Waals surface area (Å²) in [6.07, 6.45) is 9.58. The van der Waals surface area contributed by atoms with E-state index in [1.54, 1.807) is 7.11 Å². The molecule has 0 saturated heterocycles. The second-order valence-electron chi connectivity index (χ2n) is 10.2. The van der Waals surface area contributed by atoms with Crippen LogP contribution in [-0.2, 0) is 6.42 Å². The highest BCUT2D eigenvalue weighted by Gasteiger charge is 2.44. The number of aryl methyl sites for hydroxylation is 1. The average molecular weight is 460 g/mol. The largest absolute Gasteiger partial charge is 0.494 e. The van der Waals surface area contributed by atoms with Crippen molar-refractivity contribution in [1.82, 2.24) is 14.9 Å². The lowest BCUT2D eigenvalue weighted by atomic mass is 9.70. The van der Waals surface area contributed by atoms with Crippen LogP contribution in [0, 0.1) is 11.8 Å². The van der Waals surface area contributed by atoms with Crippen LogP contribution < -0.4 is 4.74 Å². The molecule has 0 aliphatic heterocycles. The Morgan fingerprint density at radius 3 is 2.79 bits per heavy atom. The van der Waals surface area contributed by atoms with Crippen LogP contribution >= 0.6 is 0 Å². The van der Waals surface area contributed by atoms with Gasteiger partial charge >= 0.3 is 0 Å². The van der Waals surface area contributed by atoms with Gasteiger partial charge in [-0.1, -0.05) is 48.9 Å². The first-order valence-corrected chi connectivity index (χ1v) is 12.8. The standard InChI is InChI=1S/C29H37N3O2/c1-32(17-8-15-27-30-25-13-7-14-26(34-2)28(25)31-27)18-16-29(33)20-22-11-6-12-23(29)19-24(22)21-9-4-3-5-10-21/h3-5,7,9-10,13-14,19,22-23,33H,6,8,11-12,15-18,20H2,1-2H3,(H,30,31)/t22-,23+,29+/m0/s1. The van der Waals surface area contributed by atoms with Gasteiger partial charge in [-0.05, 0) is 74.9 Å². The van der Waals surface area contributed by atoms with Gasteiger partial charge in [0.1, 0.15) is 17.1 Å². The molecule has 5 heteroatoms. The van der Waals surface area contributed by atoms with Crippen molar-refractivity contribution in [3.05, 3.63) is 66.0 Å². The van der Waals surface area contributed by atoms with Gasteiger partial charge in [0.2, 0.25) is 0 Å². The summed E-state index contributed by atoms with van der Waals surface area (Å²) >= 11 is 0. The number of rotatable bonds is 9. The zero-order chi connectivity index (χ0) is 23.5. The van der Waals surface area contributed by atoms with E-state index in [-0.39, 0.29) is 5.92 Å². The van der Waals surface area contributed by atoms with E-state index >= 15 is 0 Å². The van der Waals surface area contributed by atoms with E-state index in [1.807, 2.05) is 18.2 Å². The van der Waals surface area contributed by atoms with Crippen LogP contribution in [0.1, 0.15) is 49.9 Å². The fourth-order valence-corrected chi connectivity index (χ4v) is 5.99. The maximum absolute atomic E-state index is 11.7. The third kappa shape index (κ3) is 4.77. The molecule has 3 atom stereocenters. The lowest BCUT2D eigenvalue weighted by Crippen LogP contribution is -2.43. The quantitative estimate of drug-likeness (QED) is 0.446. The van der Waals surface area contributed by atoms with Crippen molar-refractivity contribution in [1.29, 1.82) is 0 Å². The van der Waals surface area contributed by atoms with Crippen LogP contribution in [0.15, 0.2) is 54.6 Å². The zero-order valence-electron chi connectivity index (χ0n) is 20.5. The molecule has 180 valence electrons. The first-order chi connectivity index (χ1) is 16.6. The molecule has 0 unspecified atom stereocenters. The number of fused-ring (bicyclic) bond motifs is 4. The summed E-state index contributed by atoms with van der Waals surface area (Å²) in [5.41, 5.74) is 4.15. The van der Waals surface area contributed by atoms with Crippen LogP contribution in [0.25, 0.3) is 16.6 Å². The Morgan fingerprint density at radius 2 is 1.97 bits per heavy atom. The van der Waals surface area contributed by atoms with Crippen molar-refractivity contribution in [2.75, 3.05) is 27.2 Å². The summed E-state index contributed by atoms with van der Waals surface area (Å²) in [4.78, 5) is 10.5. The monoisotopic (exact) mass is 459 g/mol. The third-order valence-corrected chi connectivity index (χ3v) is 7.91. The molecule has 1 heterocycles. The highest BCUT2D eigenvalue weighted by atomic mass is 16.5. The molecule has 2 aromatic carbocycles. The van der Waals surface area contributed by atoms with Gasteiger partial charge < -0.3 is 19.7 Å². The number of nitrogens with one attached hydrogen (secondary N) is 1. The number of methoxy groups -OCH3 is 1. The number of aliphatic hydroxyl groups is 1. The van der Waals surface area contributed by atoms with E-state index in [4.69, 9.17) is 9.72 Å². The Morgan fingerprint density at radius 1 is 1.12 bits per heavy atom. The van der Waals surface area contributed by atoms with Crippen molar-refractivity contribution >= 4 is 16.6 Å². The fraction of sp³-hybridized carbons (Fsp3) is 0.483. The van der Waals surface area contributed by atoms with E-state index in [9.17, 15) is 5.11 Å². The first-order valence-electron chi connectivity index (χ1n) is 12.8. The molecule has 1 fully saturated rings. The summed E-state index contributed by atoms with van der Waals surface area (Å²) in [6.45, 7) is 1.91. The van der Waals surface area contributed by atoms with Crippen LogP contribution in [0.5, 0.6) is 5.75 Å². The number of imidazole rings is 1. The first kappa shape index (κ1) is 23.1. The maximum atomic E-state index is 11.7. The summed E-state index contributed by atoms with van der Waals surface area (Å²) < 4.78 is 5.43. The number of aromatic nitrogens is 2. The number of benzene rings is 2. The Bertz CT molecular complexity index is 1140. The number of H-pyrrole nitrogens is 1. The van der Waals surface area contributed by atoms with Crippen molar-refractivity contribution in [2.45, 2.75) is 50.5 Å². The minimum atomic E-state index is -0.580. The summed E-state index contributed by atoms with van der Waals surface area (Å²) in [5, 5.41) is 11.7. The molecule has 1 aromatic heterocycles. The van der Waals surface area contributed by atoms with Gasteiger partial charge in [0.05, 0.1) is 18.2 Å². The predicted octanol–water partition coefficient (Wildman–Crippen LogP) is 5.46. The molecular weight excluding hydrogens is 422 g/mol. The molecule has 3 aromatic rings. The topological polar surface area (TPSA) is 61.4 Å². The number of aromatic amines is 1. The number of para-hydroxylation sites is 1. The number of ether oxygens (including phenoxy) is 1. The molecule has 0 radical (unpaired) electrons. The van der Waals surface area contributed by atoms with Gasteiger partial charge in [0.25, 0.3) is 0 Å². The van der Waals surface area contributed by atoms with Gasteiger partial charge in [-0.25, -0.2) is 4.98 Å².